The lowest BCUT2D eigenvalue weighted by molar-refractivity contribution is 0.233. The first-order chi connectivity index (χ1) is 8.87. The number of hydrogen-bond donors (Lipinski definition) is 2. The van der Waals surface area contributed by atoms with Gasteiger partial charge in [0, 0.05) is 18.2 Å². The lowest BCUT2D eigenvalue weighted by Crippen LogP contribution is -2.46. The zero-order valence-electron chi connectivity index (χ0n) is 11.5. The molecule has 0 aliphatic heterocycles. The van der Waals surface area contributed by atoms with Gasteiger partial charge in [0.05, 0.1) is 12.0 Å². The SMILES string of the molecule is CCC(C)(CCO)NS(=O)(=O)c1cccc(OC)c1. The number of hydrogen-bond acceptors (Lipinski definition) is 4. The molecule has 0 aliphatic rings. The van der Waals surface area contributed by atoms with Crippen molar-refractivity contribution in [1.82, 2.24) is 4.72 Å². The highest BCUT2D eigenvalue weighted by Crippen LogP contribution is 2.21. The Morgan fingerprint density at radius 3 is 2.63 bits per heavy atom. The fraction of sp³-hybridized carbons (Fsp3) is 0.538. The van der Waals surface area contributed by atoms with E-state index in [0.717, 1.165) is 0 Å². The third-order valence-corrected chi connectivity index (χ3v) is 4.81. The summed E-state index contributed by atoms with van der Waals surface area (Å²) >= 11 is 0. The van der Waals surface area contributed by atoms with E-state index in [0.29, 0.717) is 18.6 Å². The zero-order chi connectivity index (χ0) is 14.5. The van der Waals surface area contributed by atoms with E-state index in [1.54, 1.807) is 19.1 Å². The van der Waals surface area contributed by atoms with Crippen molar-refractivity contribution in [2.24, 2.45) is 0 Å². The van der Waals surface area contributed by atoms with Crippen LogP contribution in [0.1, 0.15) is 26.7 Å². The highest BCUT2D eigenvalue weighted by atomic mass is 32.2. The van der Waals surface area contributed by atoms with Gasteiger partial charge in [0.2, 0.25) is 10.0 Å². The molecule has 0 aliphatic carbocycles. The van der Waals surface area contributed by atoms with Crippen molar-refractivity contribution >= 4 is 10.0 Å². The van der Waals surface area contributed by atoms with Gasteiger partial charge in [-0.25, -0.2) is 13.1 Å². The molecule has 6 heteroatoms. The highest BCUT2D eigenvalue weighted by molar-refractivity contribution is 7.89. The predicted molar refractivity (Wildman–Crippen MR) is 73.7 cm³/mol. The molecule has 1 aromatic rings. The van der Waals surface area contributed by atoms with Crippen molar-refractivity contribution in [3.8, 4) is 5.75 Å². The molecule has 0 spiro atoms. The van der Waals surface area contributed by atoms with E-state index >= 15 is 0 Å². The van der Waals surface area contributed by atoms with Crippen LogP contribution in [0.4, 0.5) is 0 Å². The van der Waals surface area contributed by atoms with Crippen LogP contribution in [0.2, 0.25) is 0 Å². The maximum absolute atomic E-state index is 12.3. The molecule has 1 unspecified atom stereocenters. The van der Waals surface area contributed by atoms with Crippen molar-refractivity contribution in [2.75, 3.05) is 13.7 Å². The van der Waals surface area contributed by atoms with Crippen LogP contribution in [0.3, 0.4) is 0 Å². The Hall–Kier alpha value is -1.11. The normalized spacial score (nSPS) is 14.9. The van der Waals surface area contributed by atoms with Gasteiger partial charge in [-0.15, -0.1) is 0 Å². The smallest absolute Gasteiger partial charge is 0.241 e. The predicted octanol–water partition coefficient (Wildman–Crippen LogP) is 1.52. The van der Waals surface area contributed by atoms with Crippen LogP contribution in [0.5, 0.6) is 5.75 Å². The summed E-state index contributed by atoms with van der Waals surface area (Å²) in [7, 11) is -2.14. The molecule has 0 radical (unpaired) electrons. The van der Waals surface area contributed by atoms with E-state index in [2.05, 4.69) is 4.72 Å². The molecule has 0 bridgehead atoms. The third kappa shape index (κ3) is 4.19. The van der Waals surface area contributed by atoms with Gasteiger partial charge >= 0.3 is 0 Å². The van der Waals surface area contributed by atoms with Crippen LogP contribution >= 0.6 is 0 Å². The van der Waals surface area contributed by atoms with Crippen LogP contribution in [-0.4, -0.2) is 32.8 Å². The first-order valence-electron chi connectivity index (χ1n) is 6.16. The van der Waals surface area contributed by atoms with Gasteiger partial charge in [-0.3, -0.25) is 0 Å². The topological polar surface area (TPSA) is 75.6 Å². The Bertz CT molecular complexity index is 515. The Balaban J connectivity index is 3.03. The number of benzene rings is 1. The second-order valence-electron chi connectivity index (χ2n) is 4.67. The first-order valence-corrected chi connectivity index (χ1v) is 7.64. The molecule has 1 rings (SSSR count). The van der Waals surface area contributed by atoms with Crippen molar-refractivity contribution in [3.05, 3.63) is 24.3 Å². The van der Waals surface area contributed by atoms with Gasteiger partial charge in [-0.05, 0) is 31.9 Å². The molecule has 0 aromatic heterocycles. The summed E-state index contributed by atoms with van der Waals surface area (Å²) < 4.78 is 32.3. The zero-order valence-corrected chi connectivity index (χ0v) is 12.3. The van der Waals surface area contributed by atoms with Crippen molar-refractivity contribution in [1.29, 1.82) is 0 Å². The summed E-state index contributed by atoms with van der Waals surface area (Å²) in [6.45, 7) is 3.59. The molecule has 0 saturated heterocycles. The fourth-order valence-electron chi connectivity index (χ4n) is 1.70. The summed E-state index contributed by atoms with van der Waals surface area (Å²) in [6, 6.07) is 6.30. The lowest BCUT2D eigenvalue weighted by Gasteiger charge is -2.28. The average molecular weight is 287 g/mol. The van der Waals surface area contributed by atoms with E-state index in [1.807, 2.05) is 6.92 Å². The largest absolute Gasteiger partial charge is 0.497 e. The minimum absolute atomic E-state index is 0.0645. The quantitative estimate of drug-likeness (QED) is 0.797. The van der Waals surface area contributed by atoms with Gasteiger partial charge in [-0.1, -0.05) is 13.0 Å². The minimum atomic E-state index is -3.63. The van der Waals surface area contributed by atoms with Crippen LogP contribution in [-0.2, 0) is 10.0 Å². The number of sulfonamides is 1. The maximum atomic E-state index is 12.3. The van der Waals surface area contributed by atoms with Gasteiger partial charge in [0.1, 0.15) is 5.75 Å². The van der Waals surface area contributed by atoms with Crippen LogP contribution in [0.25, 0.3) is 0 Å². The molecule has 0 amide bonds. The molecule has 0 saturated carbocycles. The molecule has 108 valence electrons. The van der Waals surface area contributed by atoms with Crippen LogP contribution < -0.4 is 9.46 Å². The second-order valence-corrected chi connectivity index (χ2v) is 6.35. The lowest BCUT2D eigenvalue weighted by atomic mass is 9.97. The van der Waals surface area contributed by atoms with Gasteiger partial charge in [-0.2, -0.15) is 0 Å². The first kappa shape index (κ1) is 15.9. The Labute approximate surface area is 114 Å². The molecule has 1 aromatic carbocycles. The molecule has 2 N–H and O–H groups in total. The molecule has 19 heavy (non-hydrogen) atoms. The minimum Gasteiger partial charge on any atom is -0.497 e. The van der Waals surface area contributed by atoms with Gasteiger partial charge in [0.25, 0.3) is 0 Å². The monoisotopic (exact) mass is 287 g/mol. The highest BCUT2D eigenvalue weighted by Gasteiger charge is 2.28. The van der Waals surface area contributed by atoms with Crippen molar-refractivity contribution in [2.45, 2.75) is 37.1 Å². The molecular weight excluding hydrogens is 266 g/mol. The van der Waals surface area contributed by atoms with Gasteiger partial charge in [0.15, 0.2) is 0 Å². The number of aliphatic hydroxyl groups is 1. The Morgan fingerprint density at radius 1 is 1.42 bits per heavy atom. The second kappa shape index (κ2) is 6.36. The third-order valence-electron chi connectivity index (χ3n) is 3.18. The summed E-state index contributed by atoms with van der Waals surface area (Å²) in [5.41, 5.74) is -0.656. The van der Waals surface area contributed by atoms with Crippen molar-refractivity contribution in [3.63, 3.8) is 0 Å². The Morgan fingerprint density at radius 2 is 2.11 bits per heavy atom. The number of methoxy groups -OCH3 is 1. The molecule has 5 nitrogen and oxygen atoms in total. The van der Waals surface area contributed by atoms with E-state index in [9.17, 15) is 8.42 Å². The fourth-order valence-corrected chi connectivity index (χ4v) is 3.24. The van der Waals surface area contributed by atoms with E-state index in [4.69, 9.17) is 9.84 Å². The molecule has 0 heterocycles. The molecular formula is C13H21NO4S. The summed E-state index contributed by atoms with van der Waals surface area (Å²) in [4.78, 5) is 0.157. The van der Waals surface area contributed by atoms with E-state index in [-0.39, 0.29) is 11.5 Å². The number of ether oxygens (including phenoxy) is 1. The van der Waals surface area contributed by atoms with Crippen molar-refractivity contribution < 1.29 is 18.3 Å². The summed E-state index contributed by atoms with van der Waals surface area (Å²) in [5.74, 6) is 0.489. The number of nitrogens with one attached hydrogen (secondary N) is 1. The molecule has 0 fully saturated rings. The van der Waals surface area contributed by atoms with Gasteiger partial charge < -0.3 is 9.84 Å². The Kier molecular flexibility index (Phi) is 5.34. The van der Waals surface area contributed by atoms with Crippen LogP contribution in [0.15, 0.2) is 29.2 Å². The standard InChI is InChI=1S/C13H21NO4S/c1-4-13(2,8-9-15)14-19(16,17)12-7-5-6-11(10-12)18-3/h5-7,10,14-15H,4,8-9H2,1-3H3. The van der Waals surface area contributed by atoms with E-state index in [1.165, 1.54) is 19.2 Å². The summed E-state index contributed by atoms with van der Waals surface area (Å²) in [6.07, 6.45) is 0.962. The number of aliphatic hydroxyl groups excluding tert-OH is 1. The average Bonchev–Trinajstić information content (AvgIpc) is 2.38. The summed E-state index contributed by atoms with van der Waals surface area (Å²) in [5, 5.41) is 9.03. The van der Waals surface area contributed by atoms with E-state index < -0.39 is 15.6 Å². The van der Waals surface area contributed by atoms with Crippen LogP contribution in [0, 0.1) is 0 Å². The number of rotatable bonds is 7. The maximum Gasteiger partial charge on any atom is 0.241 e. The molecule has 1 atom stereocenters.